The van der Waals surface area contributed by atoms with Gasteiger partial charge in [0.2, 0.25) is 0 Å². The van der Waals surface area contributed by atoms with E-state index in [1.165, 1.54) is 4.90 Å². The van der Waals surface area contributed by atoms with Gasteiger partial charge in [0.1, 0.15) is 5.69 Å². The first kappa shape index (κ1) is 16.7. The summed E-state index contributed by atoms with van der Waals surface area (Å²) in [6.07, 6.45) is 2.07. The molecule has 0 unspecified atom stereocenters. The van der Waals surface area contributed by atoms with Gasteiger partial charge in [-0.3, -0.25) is 9.59 Å². The molecule has 1 saturated carbocycles. The highest BCUT2D eigenvalue weighted by Gasteiger charge is 2.47. The first-order valence-electron chi connectivity index (χ1n) is 8.30. The van der Waals surface area contributed by atoms with Gasteiger partial charge in [-0.25, -0.2) is 4.79 Å². The zero-order valence-corrected chi connectivity index (χ0v) is 14.2. The molecule has 0 bridgehead atoms. The van der Waals surface area contributed by atoms with Gasteiger partial charge in [0.15, 0.2) is 0 Å². The number of rotatable bonds is 3. The van der Waals surface area contributed by atoms with Crippen molar-refractivity contribution in [3.8, 4) is 0 Å². The predicted octanol–water partition coefficient (Wildman–Crippen LogP) is 1.25. The van der Waals surface area contributed by atoms with Crippen molar-refractivity contribution in [2.45, 2.75) is 39.0 Å². The van der Waals surface area contributed by atoms with Crippen LogP contribution in [0.15, 0.2) is 10.9 Å². The van der Waals surface area contributed by atoms with Gasteiger partial charge in [-0.2, -0.15) is 4.98 Å². The molecule has 0 aromatic carbocycles. The van der Waals surface area contributed by atoms with Crippen LogP contribution >= 0.6 is 0 Å². The Bertz CT molecular complexity index is 730. The van der Waals surface area contributed by atoms with Crippen molar-refractivity contribution >= 4 is 11.9 Å². The van der Waals surface area contributed by atoms with Crippen LogP contribution in [0.25, 0.3) is 0 Å². The van der Waals surface area contributed by atoms with Gasteiger partial charge >= 0.3 is 11.7 Å². The summed E-state index contributed by atoms with van der Waals surface area (Å²) in [6, 6.07) is 1.60. The first-order valence-corrected chi connectivity index (χ1v) is 8.30. The van der Waals surface area contributed by atoms with Gasteiger partial charge in [0.05, 0.1) is 5.92 Å². The Kier molecular flexibility index (Phi) is 3.97. The fraction of sp³-hybridized carbons (Fsp3) is 0.647. The summed E-state index contributed by atoms with van der Waals surface area (Å²) >= 11 is 0. The molecule has 0 spiro atoms. The topological polar surface area (TPSA) is 103 Å². The second kappa shape index (κ2) is 5.72. The van der Waals surface area contributed by atoms with E-state index in [1.807, 2.05) is 20.8 Å². The molecule has 0 radical (unpaired) electrons. The smallest absolute Gasteiger partial charge is 0.345 e. The van der Waals surface area contributed by atoms with Crippen LogP contribution in [-0.2, 0) is 10.2 Å². The van der Waals surface area contributed by atoms with E-state index in [-0.39, 0.29) is 29.5 Å². The Balaban J connectivity index is 1.86. The van der Waals surface area contributed by atoms with E-state index in [4.69, 9.17) is 0 Å². The van der Waals surface area contributed by atoms with Gasteiger partial charge in [-0.05, 0) is 30.7 Å². The Labute approximate surface area is 140 Å². The zero-order valence-electron chi connectivity index (χ0n) is 14.2. The van der Waals surface area contributed by atoms with Crippen LogP contribution in [0.1, 0.15) is 49.8 Å². The van der Waals surface area contributed by atoms with Gasteiger partial charge in [-0.1, -0.05) is 20.8 Å². The van der Waals surface area contributed by atoms with Crippen LogP contribution in [0.5, 0.6) is 0 Å². The van der Waals surface area contributed by atoms with E-state index in [0.717, 1.165) is 12.8 Å². The van der Waals surface area contributed by atoms with Crippen molar-refractivity contribution in [3.05, 3.63) is 27.9 Å². The second-order valence-electron chi connectivity index (χ2n) is 7.89. The van der Waals surface area contributed by atoms with Crippen LogP contribution in [-0.4, -0.2) is 44.9 Å². The lowest BCUT2D eigenvalue weighted by Gasteiger charge is -2.20. The average molecular weight is 333 g/mol. The minimum Gasteiger partial charge on any atom is -0.481 e. The van der Waals surface area contributed by atoms with Gasteiger partial charge in [-0.15, -0.1) is 0 Å². The molecule has 1 aromatic rings. The molecule has 2 heterocycles. The maximum Gasteiger partial charge on any atom is 0.345 e. The minimum absolute atomic E-state index is 0.00975. The Morgan fingerprint density at radius 3 is 2.50 bits per heavy atom. The molecular weight excluding hydrogens is 310 g/mol. The summed E-state index contributed by atoms with van der Waals surface area (Å²) in [5, 5.41) is 9.42. The SMILES string of the molecule is CC(C)(C)c1cc(C(=O)N2C[C@@H](C(=O)O)[C@H](C3CC3)C2)nc(=O)[nH]1. The number of hydrogen-bond donors (Lipinski definition) is 2. The first-order chi connectivity index (χ1) is 11.2. The Morgan fingerprint density at radius 2 is 1.96 bits per heavy atom. The van der Waals surface area contributed by atoms with Gasteiger partial charge in [0.25, 0.3) is 5.91 Å². The number of carbonyl (C=O) groups is 2. The number of amides is 1. The van der Waals surface area contributed by atoms with E-state index in [9.17, 15) is 19.5 Å². The molecule has 7 heteroatoms. The van der Waals surface area contributed by atoms with Crippen molar-refractivity contribution in [3.63, 3.8) is 0 Å². The predicted molar refractivity (Wildman–Crippen MR) is 86.8 cm³/mol. The number of likely N-dealkylation sites (tertiary alicyclic amines) is 1. The molecule has 1 amide bonds. The van der Waals surface area contributed by atoms with E-state index in [0.29, 0.717) is 18.2 Å². The molecule has 2 atom stereocenters. The molecule has 2 aliphatic rings. The average Bonchev–Trinajstić information content (AvgIpc) is 3.23. The number of carboxylic acid groups (broad SMARTS) is 1. The van der Waals surface area contributed by atoms with E-state index < -0.39 is 17.6 Å². The van der Waals surface area contributed by atoms with E-state index >= 15 is 0 Å². The summed E-state index contributed by atoms with van der Waals surface area (Å²) in [4.78, 5) is 44.0. The summed E-state index contributed by atoms with van der Waals surface area (Å²) in [7, 11) is 0. The number of nitrogens with zero attached hydrogens (tertiary/aromatic N) is 2. The third-order valence-corrected chi connectivity index (χ3v) is 4.97. The normalized spacial score (nSPS) is 24.2. The molecule has 2 N–H and O–H groups in total. The molecule has 1 aromatic heterocycles. The molecule has 2 fully saturated rings. The number of aromatic amines is 1. The highest BCUT2D eigenvalue weighted by Crippen LogP contribution is 2.44. The Morgan fingerprint density at radius 1 is 1.29 bits per heavy atom. The van der Waals surface area contributed by atoms with Crippen LogP contribution in [0, 0.1) is 17.8 Å². The largest absolute Gasteiger partial charge is 0.481 e. The summed E-state index contributed by atoms with van der Waals surface area (Å²) in [5.74, 6) is -1.32. The highest BCUT2D eigenvalue weighted by molar-refractivity contribution is 5.93. The molecule has 24 heavy (non-hydrogen) atoms. The molecule has 3 rings (SSSR count). The van der Waals surface area contributed by atoms with E-state index in [2.05, 4.69) is 9.97 Å². The monoisotopic (exact) mass is 333 g/mol. The number of H-pyrrole nitrogens is 1. The van der Waals surface area contributed by atoms with Crippen LogP contribution in [0.4, 0.5) is 0 Å². The molecule has 1 aliphatic heterocycles. The maximum atomic E-state index is 12.8. The Hall–Kier alpha value is -2.18. The summed E-state index contributed by atoms with van der Waals surface area (Å²) in [6.45, 7) is 6.43. The molecule has 1 saturated heterocycles. The molecule has 1 aliphatic carbocycles. The lowest BCUT2D eigenvalue weighted by atomic mass is 9.91. The molecule has 7 nitrogen and oxygen atoms in total. The molecular formula is C17H23N3O4. The number of carboxylic acids is 1. The number of aliphatic carboxylic acids is 1. The van der Waals surface area contributed by atoms with Crippen molar-refractivity contribution in [2.24, 2.45) is 17.8 Å². The summed E-state index contributed by atoms with van der Waals surface area (Å²) in [5.41, 5.74) is -0.149. The third kappa shape index (κ3) is 3.20. The number of carbonyl (C=O) groups excluding carboxylic acids is 1. The minimum atomic E-state index is -0.851. The fourth-order valence-electron chi connectivity index (χ4n) is 3.39. The molecule has 130 valence electrons. The van der Waals surface area contributed by atoms with Crippen molar-refractivity contribution < 1.29 is 14.7 Å². The summed E-state index contributed by atoms with van der Waals surface area (Å²) < 4.78 is 0. The highest BCUT2D eigenvalue weighted by atomic mass is 16.4. The van der Waals surface area contributed by atoms with Crippen LogP contribution in [0.2, 0.25) is 0 Å². The van der Waals surface area contributed by atoms with E-state index in [1.54, 1.807) is 6.07 Å². The standard InChI is InChI=1S/C17H23N3O4/c1-17(2,3)13-6-12(18-16(24)19-13)14(21)20-7-10(9-4-5-9)11(8-20)15(22)23/h6,9-11H,4-5,7-8H2,1-3H3,(H,22,23)(H,18,19,24)/t10-,11+/m0/s1. The van der Waals surface area contributed by atoms with Crippen LogP contribution < -0.4 is 5.69 Å². The lowest BCUT2D eigenvalue weighted by molar-refractivity contribution is -0.142. The third-order valence-electron chi connectivity index (χ3n) is 4.97. The fourth-order valence-corrected chi connectivity index (χ4v) is 3.39. The van der Waals surface area contributed by atoms with Gasteiger partial charge in [0, 0.05) is 24.2 Å². The second-order valence-corrected chi connectivity index (χ2v) is 7.89. The lowest BCUT2D eigenvalue weighted by Crippen LogP contribution is -2.33. The van der Waals surface area contributed by atoms with Gasteiger partial charge < -0.3 is 15.0 Å². The van der Waals surface area contributed by atoms with Crippen molar-refractivity contribution in [1.29, 1.82) is 0 Å². The zero-order chi connectivity index (χ0) is 17.6. The number of aromatic nitrogens is 2. The van der Waals surface area contributed by atoms with Crippen molar-refractivity contribution in [2.75, 3.05) is 13.1 Å². The quantitative estimate of drug-likeness (QED) is 0.866. The number of hydrogen-bond acceptors (Lipinski definition) is 4. The number of nitrogens with one attached hydrogen (secondary N) is 1. The maximum absolute atomic E-state index is 12.8. The van der Waals surface area contributed by atoms with Crippen LogP contribution in [0.3, 0.4) is 0 Å². The van der Waals surface area contributed by atoms with Crippen molar-refractivity contribution in [1.82, 2.24) is 14.9 Å².